The summed E-state index contributed by atoms with van der Waals surface area (Å²) >= 11 is 0. The zero-order valence-electron chi connectivity index (χ0n) is 15.2. The van der Waals surface area contributed by atoms with E-state index < -0.39 is 17.9 Å². The maximum atomic E-state index is 12.5. The van der Waals surface area contributed by atoms with Crippen molar-refractivity contribution in [3.63, 3.8) is 0 Å². The van der Waals surface area contributed by atoms with E-state index in [0.29, 0.717) is 17.1 Å². The molecule has 1 aromatic heterocycles. The minimum absolute atomic E-state index is 0.171. The van der Waals surface area contributed by atoms with Gasteiger partial charge < -0.3 is 20.9 Å². The summed E-state index contributed by atoms with van der Waals surface area (Å²) < 4.78 is 0. The number of aromatic amines is 1. The lowest BCUT2D eigenvalue weighted by Gasteiger charge is -2.16. The highest BCUT2D eigenvalue weighted by atomic mass is 16.2. The zero-order valence-corrected chi connectivity index (χ0v) is 15.2. The van der Waals surface area contributed by atoms with Crippen LogP contribution in [0.15, 0.2) is 48.5 Å². The average molecular weight is 377 g/mol. The number of imidazole rings is 1. The molecule has 28 heavy (non-hydrogen) atoms. The Bertz CT molecular complexity index is 1040. The van der Waals surface area contributed by atoms with Gasteiger partial charge in [-0.3, -0.25) is 14.4 Å². The Kier molecular flexibility index (Phi) is 4.52. The fraction of sp³-hybridized carbons (Fsp3) is 0.200. The number of amides is 3. The molecule has 2 atom stereocenters. The molecule has 0 fully saturated rings. The van der Waals surface area contributed by atoms with E-state index in [0.717, 1.165) is 11.0 Å². The first-order valence-electron chi connectivity index (χ1n) is 8.96. The number of anilines is 1. The van der Waals surface area contributed by atoms with Crippen molar-refractivity contribution in [1.29, 1.82) is 0 Å². The van der Waals surface area contributed by atoms with Crippen LogP contribution < -0.4 is 16.0 Å². The first-order chi connectivity index (χ1) is 13.5. The lowest BCUT2D eigenvalue weighted by molar-refractivity contribution is -0.126. The Morgan fingerprint density at radius 1 is 1.14 bits per heavy atom. The van der Waals surface area contributed by atoms with Crippen LogP contribution in [-0.2, 0) is 9.59 Å². The Balaban J connectivity index is 1.43. The lowest BCUT2D eigenvalue weighted by atomic mass is 10.1. The van der Waals surface area contributed by atoms with Gasteiger partial charge in [-0.1, -0.05) is 24.3 Å². The number of nitrogens with one attached hydrogen (secondary N) is 4. The summed E-state index contributed by atoms with van der Waals surface area (Å²) in [5.41, 5.74) is 2.50. The van der Waals surface area contributed by atoms with Crippen LogP contribution in [0.1, 0.15) is 35.6 Å². The van der Waals surface area contributed by atoms with Gasteiger partial charge in [0.2, 0.25) is 11.8 Å². The van der Waals surface area contributed by atoms with Crippen molar-refractivity contribution in [3.8, 4) is 0 Å². The third kappa shape index (κ3) is 3.44. The molecule has 0 spiro atoms. The van der Waals surface area contributed by atoms with Gasteiger partial charge in [-0.2, -0.15) is 0 Å². The van der Waals surface area contributed by atoms with Crippen molar-refractivity contribution >= 4 is 34.4 Å². The maximum Gasteiger partial charge on any atom is 0.254 e. The highest BCUT2D eigenvalue weighted by Crippen LogP contribution is 2.19. The second-order valence-corrected chi connectivity index (χ2v) is 6.69. The molecule has 4 N–H and O–H groups in total. The quantitative estimate of drug-likeness (QED) is 0.555. The van der Waals surface area contributed by atoms with Crippen LogP contribution in [0.4, 0.5) is 5.69 Å². The predicted octanol–water partition coefficient (Wildman–Crippen LogP) is 1.88. The third-order valence-corrected chi connectivity index (χ3v) is 4.64. The minimum Gasteiger partial charge on any atom is -0.346 e. The van der Waals surface area contributed by atoms with Gasteiger partial charge in [0.05, 0.1) is 34.7 Å². The van der Waals surface area contributed by atoms with Crippen LogP contribution >= 0.6 is 0 Å². The van der Waals surface area contributed by atoms with Crippen molar-refractivity contribution < 1.29 is 14.4 Å². The van der Waals surface area contributed by atoms with Gasteiger partial charge in [-0.25, -0.2) is 4.98 Å². The Morgan fingerprint density at radius 3 is 2.71 bits per heavy atom. The van der Waals surface area contributed by atoms with E-state index in [2.05, 4.69) is 25.9 Å². The molecule has 0 bridgehead atoms. The Labute approximate surface area is 160 Å². The highest BCUT2D eigenvalue weighted by Gasteiger charge is 2.29. The van der Waals surface area contributed by atoms with Gasteiger partial charge in [-0.05, 0) is 31.2 Å². The van der Waals surface area contributed by atoms with Gasteiger partial charge >= 0.3 is 0 Å². The summed E-state index contributed by atoms with van der Waals surface area (Å²) in [5.74, 6) is -0.558. The van der Waals surface area contributed by atoms with Crippen LogP contribution in [0.2, 0.25) is 0 Å². The van der Waals surface area contributed by atoms with Gasteiger partial charge in [0, 0.05) is 0 Å². The van der Waals surface area contributed by atoms with Crippen molar-refractivity contribution in [1.82, 2.24) is 20.6 Å². The normalized spacial score (nSPS) is 17.2. The van der Waals surface area contributed by atoms with E-state index in [-0.39, 0.29) is 18.4 Å². The zero-order chi connectivity index (χ0) is 19.7. The molecular weight excluding hydrogens is 358 g/mol. The molecule has 8 heteroatoms. The smallest absolute Gasteiger partial charge is 0.254 e. The van der Waals surface area contributed by atoms with E-state index in [1.54, 1.807) is 31.2 Å². The lowest BCUT2D eigenvalue weighted by Crippen LogP contribution is -2.44. The molecule has 4 rings (SSSR count). The number of aromatic nitrogens is 2. The molecule has 0 radical (unpaired) electrons. The summed E-state index contributed by atoms with van der Waals surface area (Å²) in [6.07, 6.45) is -0.171. The summed E-state index contributed by atoms with van der Waals surface area (Å²) in [5, 5.41) is 8.12. The first kappa shape index (κ1) is 17.7. The fourth-order valence-electron chi connectivity index (χ4n) is 3.19. The maximum absolute atomic E-state index is 12.5. The minimum atomic E-state index is -0.956. The predicted molar refractivity (Wildman–Crippen MR) is 104 cm³/mol. The number of hydrogen-bond acceptors (Lipinski definition) is 4. The standard InChI is InChI=1S/C20H19N5O3/c1-11(18-22-14-8-4-5-9-15(14)23-18)21-17(26)10-16-20(28)24-13-7-3-2-6-12(13)19(27)25-16/h2-9,11,16H,10H2,1H3,(H,21,26)(H,22,23)(H,24,28)(H,25,27)/t11-,16?/m1/s1. The largest absolute Gasteiger partial charge is 0.346 e. The number of fused-ring (bicyclic) bond motifs is 2. The molecule has 142 valence electrons. The summed E-state index contributed by atoms with van der Waals surface area (Å²) in [7, 11) is 0. The van der Waals surface area contributed by atoms with E-state index in [1.165, 1.54) is 0 Å². The number of H-pyrrole nitrogens is 1. The summed E-state index contributed by atoms with van der Waals surface area (Å²) in [6.45, 7) is 1.80. The van der Waals surface area contributed by atoms with Gasteiger partial charge in [0.25, 0.3) is 5.91 Å². The van der Waals surface area contributed by atoms with Crippen LogP contribution in [-0.4, -0.2) is 33.7 Å². The van der Waals surface area contributed by atoms with E-state index in [4.69, 9.17) is 0 Å². The van der Waals surface area contributed by atoms with Gasteiger partial charge in [0.15, 0.2) is 0 Å². The molecule has 0 saturated heterocycles. The number of benzene rings is 2. The van der Waals surface area contributed by atoms with Crippen LogP contribution in [0.5, 0.6) is 0 Å². The highest BCUT2D eigenvalue weighted by molar-refractivity contribution is 6.10. The topological polar surface area (TPSA) is 116 Å². The molecule has 1 aliphatic rings. The number of hydrogen-bond donors (Lipinski definition) is 4. The number of carbonyl (C=O) groups is 3. The van der Waals surface area contributed by atoms with E-state index in [9.17, 15) is 14.4 Å². The molecule has 3 amide bonds. The summed E-state index contributed by atoms with van der Waals surface area (Å²) in [6, 6.07) is 13.0. The average Bonchev–Trinajstić information content (AvgIpc) is 3.07. The molecule has 2 heterocycles. The number of nitrogens with zero attached hydrogens (tertiary/aromatic N) is 1. The molecule has 3 aromatic rings. The van der Waals surface area contributed by atoms with E-state index >= 15 is 0 Å². The molecule has 0 saturated carbocycles. The third-order valence-electron chi connectivity index (χ3n) is 4.64. The first-order valence-corrected chi connectivity index (χ1v) is 8.96. The Morgan fingerprint density at radius 2 is 1.89 bits per heavy atom. The molecule has 0 aliphatic carbocycles. The van der Waals surface area contributed by atoms with Crippen molar-refractivity contribution in [2.24, 2.45) is 0 Å². The van der Waals surface area contributed by atoms with Crippen LogP contribution in [0, 0.1) is 0 Å². The second kappa shape index (κ2) is 7.15. The molecule has 1 unspecified atom stereocenters. The van der Waals surface area contributed by atoms with Crippen molar-refractivity contribution in [2.45, 2.75) is 25.4 Å². The van der Waals surface area contributed by atoms with Gasteiger partial charge in [-0.15, -0.1) is 0 Å². The molecule has 8 nitrogen and oxygen atoms in total. The number of para-hydroxylation sites is 3. The van der Waals surface area contributed by atoms with Crippen molar-refractivity contribution in [3.05, 3.63) is 59.9 Å². The number of carbonyl (C=O) groups excluding carboxylic acids is 3. The van der Waals surface area contributed by atoms with E-state index in [1.807, 2.05) is 24.3 Å². The van der Waals surface area contributed by atoms with Crippen molar-refractivity contribution in [2.75, 3.05) is 5.32 Å². The number of rotatable bonds is 4. The molecule has 1 aliphatic heterocycles. The monoisotopic (exact) mass is 377 g/mol. The fourth-order valence-corrected chi connectivity index (χ4v) is 3.19. The summed E-state index contributed by atoms with van der Waals surface area (Å²) in [4.78, 5) is 44.8. The van der Waals surface area contributed by atoms with Gasteiger partial charge in [0.1, 0.15) is 11.9 Å². The molecule has 2 aromatic carbocycles. The van der Waals surface area contributed by atoms with Crippen LogP contribution in [0.25, 0.3) is 11.0 Å². The van der Waals surface area contributed by atoms with Crippen LogP contribution in [0.3, 0.4) is 0 Å². The Hall–Kier alpha value is -3.68. The molecular formula is C20H19N5O3. The second-order valence-electron chi connectivity index (χ2n) is 6.69. The SMILES string of the molecule is C[C@@H](NC(=O)CC1NC(=O)c2ccccc2NC1=O)c1nc2ccccc2[nH]1.